The first-order chi connectivity index (χ1) is 29.6. The number of amides is 1. The van der Waals surface area contributed by atoms with Crippen LogP contribution in [0.25, 0.3) is 21.5 Å². The fourth-order valence-corrected chi connectivity index (χ4v) is 8.11. The molecular weight excluding hydrogens is 805 g/mol. The number of nitrogens with zero attached hydrogens (tertiary/aromatic N) is 2. The zero-order chi connectivity index (χ0) is 44.7. The van der Waals surface area contributed by atoms with E-state index in [1.54, 1.807) is 61.7 Å². The molecule has 1 unspecified atom stereocenters. The molecule has 0 heterocycles. The third-order valence-corrected chi connectivity index (χ3v) is 12.8. The first-order valence-electron chi connectivity index (χ1n) is 20.8. The maximum atomic E-state index is 14.2. The highest BCUT2D eigenvalue weighted by Crippen LogP contribution is 2.42. The van der Waals surface area contributed by atoms with Crippen LogP contribution in [0.1, 0.15) is 82.3 Å². The molecule has 6 aromatic carbocycles. The number of fused-ring (bicyclic) bond motifs is 2. The Bertz CT molecular complexity index is 2710. The lowest BCUT2D eigenvalue weighted by atomic mass is 9.76. The van der Waals surface area contributed by atoms with Gasteiger partial charge in [0.1, 0.15) is 35.3 Å². The molecular formula is C49H56N4O8S. The van der Waals surface area contributed by atoms with E-state index in [1.165, 1.54) is 23.8 Å². The summed E-state index contributed by atoms with van der Waals surface area (Å²) in [5.74, 6) is 0.371. The smallest absolute Gasteiger partial charge is 0.255 e. The molecule has 0 aliphatic heterocycles. The van der Waals surface area contributed by atoms with Crippen molar-refractivity contribution in [1.29, 1.82) is 4.78 Å². The molecule has 6 aromatic rings. The summed E-state index contributed by atoms with van der Waals surface area (Å²) >= 11 is 0. The molecule has 0 spiro atoms. The van der Waals surface area contributed by atoms with Gasteiger partial charge in [-0.3, -0.25) is 4.79 Å². The lowest BCUT2D eigenvalue weighted by Crippen LogP contribution is -2.26. The summed E-state index contributed by atoms with van der Waals surface area (Å²) in [4.78, 5) is 13.5. The topological polar surface area (TPSA) is 172 Å². The molecule has 0 radical (unpaired) electrons. The van der Waals surface area contributed by atoms with Crippen LogP contribution in [-0.4, -0.2) is 53.8 Å². The number of phenolic OH excluding ortho intramolecular Hbond substituents is 2. The second-order valence-electron chi connectivity index (χ2n) is 16.4. The molecule has 62 heavy (non-hydrogen) atoms. The molecule has 1 amide bonds. The Balaban J connectivity index is 1.18. The van der Waals surface area contributed by atoms with Gasteiger partial charge in [-0.25, -0.2) is 8.99 Å². The van der Waals surface area contributed by atoms with Crippen molar-refractivity contribution in [3.8, 4) is 28.7 Å². The van der Waals surface area contributed by atoms with Gasteiger partial charge in [-0.1, -0.05) is 108 Å². The van der Waals surface area contributed by atoms with E-state index < -0.39 is 15.9 Å². The quantitative estimate of drug-likeness (QED) is 0.0460. The van der Waals surface area contributed by atoms with Crippen LogP contribution in [0.15, 0.2) is 118 Å². The van der Waals surface area contributed by atoms with Crippen LogP contribution in [0.5, 0.6) is 28.7 Å². The summed E-state index contributed by atoms with van der Waals surface area (Å²) < 4.78 is 46.3. The van der Waals surface area contributed by atoms with Gasteiger partial charge >= 0.3 is 0 Å². The summed E-state index contributed by atoms with van der Waals surface area (Å²) in [5.41, 5.74) is 2.65. The molecule has 0 aromatic heterocycles. The molecule has 0 aliphatic rings. The summed E-state index contributed by atoms with van der Waals surface area (Å²) in [6, 6.07) is 29.3. The van der Waals surface area contributed by atoms with Crippen LogP contribution >= 0.6 is 0 Å². The second-order valence-corrected chi connectivity index (χ2v) is 18.0. The van der Waals surface area contributed by atoms with Gasteiger partial charge in [0.05, 0.1) is 29.4 Å². The maximum absolute atomic E-state index is 14.2. The molecule has 6 rings (SSSR count). The minimum atomic E-state index is -4.09. The summed E-state index contributed by atoms with van der Waals surface area (Å²) in [6.07, 6.45) is 2.43. The Morgan fingerprint density at radius 1 is 0.726 bits per heavy atom. The number of ether oxygens (including phenoxy) is 3. The zero-order valence-electron chi connectivity index (χ0n) is 36.4. The number of hydrogen-bond acceptors (Lipinski definition) is 11. The number of nitrogens with one attached hydrogen (secondary N) is 2. The van der Waals surface area contributed by atoms with Gasteiger partial charge in [0.25, 0.3) is 5.91 Å². The molecule has 1 atom stereocenters. The van der Waals surface area contributed by atoms with Gasteiger partial charge in [-0.15, -0.1) is 5.11 Å². The predicted octanol–water partition coefficient (Wildman–Crippen LogP) is 11.8. The molecule has 13 heteroatoms. The largest absolute Gasteiger partial charge is 0.506 e. The van der Waals surface area contributed by atoms with E-state index in [1.807, 2.05) is 18.2 Å². The molecule has 4 N–H and O–H groups in total. The number of benzene rings is 6. The van der Waals surface area contributed by atoms with E-state index in [9.17, 15) is 19.2 Å². The third kappa shape index (κ3) is 10.1. The monoisotopic (exact) mass is 860 g/mol. The van der Waals surface area contributed by atoms with Crippen molar-refractivity contribution in [2.75, 3.05) is 33.5 Å². The Morgan fingerprint density at radius 2 is 1.39 bits per heavy atom. The third-order valence-electron chi connectivity index (χ3n) is 11.4. The van der Waals surface area contributed by atoms with Crippen molar-refractivity contribution >= 4 is 48.8 Å². The predicted molar refractivity (Wildman–Crippen MR) is 244 cm³/mol. The second kappa shape index (κ2) is 19.3. The van der Waals surface area contributed by atoms with Gasteiger partial charge < -0.3 is 33.9 Å². The minimum Gasteiger partial charge on any atom is -0.506 e. The van der Waals surface area contributed by atoms with E-state index in [-0.39, 0.29) is 61.8 Å². The Morgan fingerprint density at radius 3 is 2.08 bits per heavy atom. The van der Waals surface area contributed by atoms with Gasteiger partial charge in [-0.05, 0) is 59.9 Å². The first-order valence-corrected chi connectivity index (χ1v) is 22.3. The van der Waals surface area contributed by atoms with Crippen LogP contribution in [0.2, 0.25) is 0 Å². The number of carbonyl (C=O) groups excluding carboxylic acids is 1. The van der Waals surface area contributed by atoms with E-state index in [2.05, 4.69) is 69.2 Å². The van der Waals surface area contributed by atoms with Gasteiger partial charge in [0.2, 0.25) is 10.0 Å². The SMILES string of the molecule is CCC(C)(C)c1ccc(OCCCNC(=O)c2cc(S(=N)(=O)Oc3cccc(N=Nc4cc(OCCOC)c5ccccc5c4O)c3)c3ccccc3c2O)c(C(C)(C)CC)c1. The number of phenols is 2. The zero-order valence-corrected chi connectivity index (χ0v) is 37.2. The average molecular weight is 861 g/mol. The molecule has 12 nitrogen and oxygen atoms in total. The van der Waals surface area contributed by atoms with Gasteiger partial charge in [0.15, 0.2) is 5.75 Å². The van der Waals surface area contributed by atoms with E-state index in [0.717, 1.165) is 24.2 Å². The number of aromatic hydroxyl groups is 2. The van der Waals surface area contributed by atoms with Crippen LogP contribution in [0.4, 0.5) is 11.4 Å². The Hall–Kier alpha value is -6.18. The van der Waals surface area contributed by atoms with E-state index >= 15 is 0 Å². The minimum absolute atomic E-state index is 0.0326. The van der Waals surface area contributed by atoms with Crippen LogP contribution in [0, 0.1) is 4.78 Å². The van der Waals surface area contributed by atoms with Crippen LogP contribution < -0.4 is 19.0 Å². The van der Waals surface area contributed by atoms with E-state index in [0.29, 0.717) is 48.1 Å². The molecule has 0 saturated carbocycles. The normalized spacial score (nSPS) is 13.0. The van der Waals surface area contributed by atoms with E-state index in [4.69, 9.17) is 23.2 Å². The molecule has 0 fully saturated rings. The standard InChI is InChI=1S/C49H56N4O8S/c1-8-48(3,4)32-22-23-42(40(28-32)49(5,6)9-2)59-25-15-24-51-47(56)39-30-44(36-19-11-13-21-38(36)45(39)54)62(50,57)61-34-17-14-16-33(29-34)52-53-41-31-43(60-27-26-58-7)35-18-10-12-20-37(35)46(41)55/h10-14,16-23,28-31,50,54-55H,8-9,15,24-27H2,1-7H3,(H,51,56). The molecule has 0 aliphatic carbocycles. The Kier molecular flexibility index (Phi) is 14.1. The molecule has 0 bridgehead atoms. The maximum Gasteiger partial charge on any atom is 0.255 e. The molecule has 326 valence electrons. The van der Waals surface area contributed by atoms with Gasteiger partial charge in [-0.2, -0.15) is 5.11 Å². The fourth-order valence-electron chi connectivity index (χ4n) is 6.91. The number of methoxy groups -OCH3 is 1. The van der Waals surface area contributed by atoms with Crippen molar-refractivity contribution in [3.05, 3.63) is 120 Å². The first kappa shape index (κ1) is 45.3. The molecule has 0 saturated heterocycles. The highest BCUT2D eigenvalue weighted by atomic mass is 32.2. The fraction of sp³-hybridized carbons (Fsp3) is 0.327. The number of azo groups is 1. The van der Waals surface area contributed by atoms with Crippen molar-refractivity contribution < 1.29 is 37.6 Å². The van der Waals surface area contributed by atoms with Crippen molar-refractivity contribution in [2.24, 2.45) is 10.2 Å². The van der Waals surface area contributed by atoms with Crippen molar-refractivity contribution in [3.63, 3.8) is 0 Å². The Labute approximate surface area is 364 Å². The lowest BCUT2D eigenvalue weighted by Gasteiger charge is -2.30. The van der Waals surface area contributed by atoms with Crippen LogP contribution in [-0.2, 0) is 25.6 Å². The summed E-state index contributed by atoms with van der Waals surface area (Å²) in [6.45, 7) is 14.5. The number of rotatable bonds is 19. The van der Waals surface area contributed by atoms with Crippen molar-refractivity contribution in [2.45, 2.75) is 76.5 Å². The highest BCUT2D eigenvalue weighted by molar-refractivity contribution is 7.88. The number of carbonyl (C=O) groups is 1. The summed E-state index contributed by atoms with van der Waals surface area (Å²) in [5, 5.41) is 35.5. The highest BCUT2D eigenvalue weighted by Gasteiger charge is 2.27. The lowest BCUT2D eigenvalue weighted by molar-refractivity contribution is 0.0949. The van der Waals surface area contributed by atoms with Crippen molar-refractivity contribution in [1.82, 2.24) is 5.32 Å². The number of hydrogen-bond donors (Lipinski definition) is 4. The average Bonchev–Trinajstić information content (AvgIpc) is 3.26. The summed E-state index contributed by atoms with van der Waals surface area (Å²) in [7, 11) is -2.51. The van der Waals surface area contributed by atoms with Crippen LogP contribution in [0.3, 0.4) is 0 Å². The van der Waals surface area contributed by atoms with Gasteiger partial charge in [0, 0.05) is 52.9 Å².